The minimum absolute atomic E-state index is 0.0624. The van der Waals surface area contributed by atoms with Gasteiger partial charge >= 0.3 is 0 Å². The number of carbonyl (C=O) groups is 2. The predicted octanol–water partition coefficient (Wildman–Crippen LogP) is 5.73. The van der Waals surface area contributed by atoms with Crippen LogP contribution in [0.2, 0.25) is 10.0 Å². The van der Waals surface area contributed by atoms with E-state index in [0.717, 1.165) is 11.1 Å². The lowest BCUT2D eigenvalue weighted by molar-refractivity contribution is -0.142. The summed E-state index contributed by atoms with van der Waals surface area (Å²) in [7, 11) is 1.62. The molecule has 1 fully saturated rings. The normalized spacial score (nSPS) is 20.1. The number of likely N-dealkylation sites (tertiary alicyclic amines) is 1. The van der Waals surface area contributed by atoms with E-state index in [-0.39, 0.29) is 12.3 Å². The second-order valence-corrected chi connectivity index (χ2v) is 9.60. The average molecular weight is 515 g/mol. The Balaban J connectivity index is 1.91. The van der Waals surface area contributed by atoms with Crippen molar-refractivity contribution in [2.45, 2.75) is 25.3 Å². The number of rotatable bonds is 5. The summed E-state index contributed by atoms with van der Waals surface area (Å²) < 4.78 is 14.4. The van der Waals surface area contributed by atoms with Gasteiger partial charge in [-0.2, -0.15) is 0 Å². The maximum atomic E-state index is 14.4. The Morgan fingerprint density at radius 1 is 1.09 bits per heavy atom. The molecule has 182 valence electrons. The standard InChI is InChI=1S/C27H25Cl2FN2O3/c1-16-9-10-20(30)13-22(16)26-25(27(35)32(15-33)21-8-4-7-19(29)12-21)23(14-24(34)31(26)2)17-5-3-6-18(28)11-17/h3-13,23,25-26,33H,14-15H2,1-2H3/t23-,25?,26+/m0/s1. The van der Waals surface area contributed by atoms with Crippen LogP contribution in [0, 0.1) is 18.7 Å². The van der Waals surface area contributed by atoms with Crippen molar-refractivity contribution in [3.05, 3.63) is 99.3 Å². The fraction of sp³-hybridized carbons (Fsp3) is 0.259. The number of halogens is 3. The quantitative estimate of drug-likeness (QED) is 0.442. The molecule has 1 saturated heterocycles. The van der Waals surface area contributed by atoms with Gasteiger partial charge in [0, 0.05) is 35.1 Å². The van der Waals surface area contributed by atoms with Crippen molar-refractivity contribution in [3.8, 4) is 0 Å². The van der Waals surface area contributed by atoms with Crippen molar-refractivity contribution >= 4 is 40.7 Å². The Hall–Kier alpha value is -2.93. The summed E-state index contributed by atoms with van der Waals surface area (Å²) in [6, 6.07) is 17.3. The minimum atomic E-state index is -0.831. The molecule has 0 aliphatic carbocycles. The molecule has 1 N–H and O–H groups in total. The van der Waals surface area contributed by atoms with Crippen LogP contribution >= 0.6 is 23.2 Å². The van der Waals surface area contributed by atoms with Crippen molar-refractivity contribution in [2.75, 3.05) is 18.7 Å². The highest BCUT2D eigenvalue weighted by atomic mass is 35.5. The van der Waals surface area contributed by atoms with E-state index >= 15 is 0 Å². The van der Waals surface area contributed by atoms with E-state index in [0.29, 0.717) is 21.3 Å². The zero-order valence-electron chi connectivity index (χ0n) is 19.3. The number of anilines is 1. The zero-order valence-corrected chi connectivity index (χ0v) is 20.8. The van der Waals surface area contributed by atoms with E-state index in [1.165, 1.54) is 21.9 Å². The first kappa shape index (κ1) is 25.2. The summed E-state index contributed by atoms with van der Waals surface area (Å²) in [6.45, 7) is 1.23. The van der Waals surface area contributed by atoms with Gasteiger partial charge in [-0.3, -0.25) is 14.5 Å². The van der Waals surface area contributed by atoms with Crippen LogP contribution in [-0.4, -0.2) is 35.6 Å². The predicted molar refractivity (Wildman–Crippen MR) is 135 cm³/mol. The van der Waals surface area contributed by atoms with Gasteiger partial charge < -0.3 is 10.0 Å². The van der Waals surface area contributed by atoms with Gasteiger partial charge in [-0.05, 0) is 66.1 Å². The summed E-state index contributed by atoms with van der Waals surface area (Å²) in [4.78, 5) is 30.1. The van der Waals surface area contributed by atoms with Crippen molar-refractivity contribution in [1.29, 1.82) is 0 Å². The van der Waals surface area contributed by atoms with E-state index < -0.39 is 36.3 Å². The molecule has 3 aromatic rings. The van der Waals surface area contributed by atoms with Gasteiger partial charge in [0.2, 0.25) is 11.8 Å². The number of hydrogen-bond donors (Lipinski definition) is 1. The molecule has 2 amide bonds. The zero-order chi connectivity index (χ0) is 25.3. The molecule has 1 aliphatic rings. The van der Waals surface area contributed by atoms with E-state index in [4.69, 9.17) is 23.2 Å². The number of carbonyl (C=O) groups excluding carboxylic acids is 2. The van der Waals surface area contributed by atoms with Gasteiger partial charge in [-0.25, -0.2) is 4.39 Å². The second kappa shape index (κ2) is 10.4. The Morgan fingerprint density at radius 2 is 1.77 bits per heavy atom. The molecule has 0 radical (unpaired) electrons. The van der Waals surface area contributed by atoms with Crippen molar-refractivity contribution in [2.24, 2.45) is 5.92 Å². The van der Waals surface area contributed by atoms with Crippen molar-refractivity contribution in [3.63, 3.8) is 0 Å². The molecular weight excluding hydrogens is 490 g/mol. The van der Waals surface area contributed by atoms with Crippen molar-refractivity contribution < 1.29 is 19.1 Å². The van der Waals surface area contributed by atoms with Gasteiger partial charge in [0.05, 0.1) is 12.0 Å². The molecule has 3 atom stereocenters. The topological polar surface area (TPSA) is 60.9 Å². The number of amides is 2. The fourth-order valence-electron chi connectivity index (χ4n) is 4.88. The fourth-order valence-corrected chi connectivity index (χ4v) is 5.26. The average Bonchev–Trinajstić information content (AvgIpc) is 2.82. The number of aryl methyl sites for hydroxylation is 1. The van der Waals surface area contributed by atoms with Gasteiger partial charge in [-0.15, -0.1) is 0 Å². The van der Waals surface area contributed by atoms with Crippen LogP contribution in [0.3, 0.4) is 0 Å². The molecular formula is C27H25Cl2FN2O3. The molecule has 35 heavy (non-hydrogen) atoms. The van der Waals surface area contributed by atoms with Gasteiger partial charge in [0.15, 0.2) is 0 Å². The smallest absolute Gasteiger partial charge is 0.235 e. The SMILES string of the molecule is Cc1ccc(F)cc1[C@@H]1C(C(=O)N(CO)c2cccc(Cl)c2)[C@H](c2cccc(Cl)c2)CC(=O)N1C. The second-order valence-electron chi connectivity index (χ2n) is 8.73. The van der Waals surface area contributed by atoms with E-state index in [1.54, 1.807) is 55.6 Å². The Labute approximate surface area is 213 Å². The van der Waals surface area contributed by atoms with Crippen LogP contribution in [0.25, 0.3) is 0 Å². The summed E-state index contributed by atoms with van der Waals surface area (Å²) in [6.07, 6.45) is 0.0624. The van der Waals surface area contributed by atoms with Crippen LogP contribution in [0.5, 0.6) is 0 Å². The van der Waals surface area contributed by atoms with E-state index in [9.17, 15) is 19.1 Å². The lowest BCUT2D eigenvalue weighted by Crippen LogP contribution is -2.51. The van der Waals surface area contributed by atoms with Crippen LogP contribution in [0.15, 0.2) is 66.7 Å². The van der Waals surface area contributed by atoms with Crippen LogP contribution in [0.1, 0.15) is 35.1 Å². The maximum Gasteiger partial charge on any atom is 0.235 e. The van der Waals surface area contributed by atoms with Crippen LogP contribution < -0.4 is 4.90 Å². The number of piperidine rings is 1. The number of aliphatic hydroxyl groups is 1. The number of aliphatic hydroxyl groups excluding tert-OH is 1. The number of benzene rings is 3. The Kier molecular flexibility index (Phi) is 7.45. The lowest BCUT2D eigenvalue weighted by atomic mass is 9.72. The Bertz CT molecular complexity index is 1270. The summed E-state index contributed by atoms with van der Waals surface area (Å²) in [5, 5.41) is 11.1. The number of hydrogen-bond acceptors (Lipinski definition) is 3. The summed E-state index contributed by atoms with van der Waals surface area (Å²) >= 11 is 12.4. The number of nitrogens with zero attached hydrogens (tertiary/aromatic N) is 2. The molecule has 0 aromatic heterocycles. The third-order valence-corrected chi connectivity index (χ3v) is 7.10. The summed E-state index contributed by atoms with van der Waals surface area (Å²) in [5.41, 5.74) is 2.43. The first-order valence-corrected chi connectivity index (χ1v) is 11.9. The molecule has 0 bridgehead atoms. The molecule has 8 heteroatoms. The van der Waals surface area contributed by atoms with E-state index in [1.807, 2.05) is 13.0 Å². The van der Waals surface area contributed by atoms with Gasteiger partial charge in [0.25, 0.3) is 0 Å². The monoisotopic (exact) mass is 514 g/mol. The largest absolute Gasteiger partial charge is 0.376 e. The maximum absolute atomic E-state index is 14.4. The first-order chi connectivity index (χ1) is 16.7. The molecule has 0 saturated carbocycles. The molecule has 1 heterocycles. The third kappa shape index (κ3) is 5.06. The summed E-state index contributed by atoms with van der Waals surface area (Å²) in [5.74, 6) is -2.43. The first-order valence-electron chi connectivity index (χ1n) is 11.2. The third-order valence-electron chi connectivity index (χ3n) is 6.63. The highest BCUT2D eigenvalue weighted by molar-refractivity contribution is 6.31. The van der Waals surface area contributed by atoms with Gasteiger partial charge in [-0.1, -0.05) is 47.5 Å². The molecule has 3 aromatic carbocycles. The van der Waals surface area contributed by atoms with Gasteiger partial charge in [0.1, 0.15) is 12.5 Å². The van der Waals surface area contributed by atoms with Crippen molar-refractivity contribution in [1.82, 2.24) is 4.90 Å². The molecule has 1 unspecified atom stereocenters. The minimum Gasteiger partial charge on any atom is -0.376 e. The highest BCUT2D eigenvalue weighted by Gasteiger charge is 2.48. The molecule has 1 aliphatic heterocycles. The molecule has 0 spiro atoms. The van der Waals surface area contributed by atoms with Crippen LogP contribution in [0.4, 0.5) is 10.1 Å². The van der Waals surface area contributed by atoms with E-state index in [2.05, 4.69) is 0 Å². The van der Waals surface area contributed by atoms with Crippen LogP contribution in [-0.2, 0) is 9.59 Å². The Morgan fingerprint density at radius 3 is 2.43 bits per heavy atom. The lowest BCUT2D eigenvalue weighted by Gasteiger charge is -2.45. The molecule has 5 nitrogen and oxygen atoms in total. The highest BCUT2D eigenvalue weighted by Crippen LogP contribution is 2.47. The molecule has 4 rings (SSSR count).